The van der Waals surface area contributed by atoms with Crippen LogP contribution in [0.5, 0.6) is 5.75 Å². The Labute approximate surface area is 110 Å². The lowest BCUT2D eigenvalue weighted by molar-refractivity contribution is -0.115. The van der Waals surface area contributed by atoms with Gasteiger partial charge in [0.25, 0.3) is 5.91 Å². The predicted octanol–water partition coefficient (Wildman–Crippen LogP) is 1.31. The summed E-state index contributed by atoms with van der Waals surface area (Å²) in [6.45, 7) is 0. The molecule has 0 bridgehead atoms. The van der Waals surface area contributed by atoms with Crippen LogP contribution in [0.4, 0.5) is 0 Å². The first-order valence-corrected chi connectivity index (χ1v) is 5.33. The van der Waals surface area contributed by atoms with Gasteiger partial charge in [-0.05, 0) is 23.8 Å². The van der Waals surface area contributed by atoms with Gasteiger partial charge in [0.1, 0.15) is 30.8 Å². The van der Waals surface area contributed by atoms with Crippen molar-refractivity contribution in [2.45, 2.75) is 0 Å². The van der Waals surface area contributed by atoms with Crippen molar-refractivity contribution < 1.29 is 14.4 Å². The number of oxime groups is 1. The van der Waals surface area contributed by atoms with Gasteiger partial charge in [-0.1, -0.05) is 17.3 Å². The summed E-state index contributed by atoms with van der Waals surface area (Å²) < 4.78 is 5.02. The molecule has 1 aromatic carbocycles. The zero-order chi connectivity index (χ0) is 14.1. The third-order valence-electron chi connectivity index (χ3n) is 2.15. The first-order chi connectivity index (χ1) is 9.21. The average molecular weight is 259 g/mol. The second kappa shape index (κ2) is 7.50. The first kappa shape index (κ1) is 14.3. The summed E-state index contributed by atoms with van der Waals surface area (Å²) >= 11 is 0. The van der Waals surface area contributed by atoms with Crippen LogP contribution in [0.25, 0.3) is 6.08 Å². The fourth-order valence-corrected chi connectivity index (χ4v) is 1.23. The van der Waals surface area contributed by atoms with Crippen molar-refractivity contribution in [3.05, 3.63) is 35.4 Å². The topological polar surface area (TPSA) is 83.7 Å². The number of nitrogens with one attached hydrogen (secondary N) is 1. The molecule has 0 aliphatic heterocycles. The summed E-state index contributed by atoms with van der Waals surface area (Å²) in [5.74, 6) is 0.145. The van der Waals surface area contributed by atoms with Crippen LogP contribution in [0.3, 0.4) is 0 Å². The normalized spacial score (nSPS) is 10.9. The molecule has 0 atom stereocenters. The molecular formula is C13H13N3O3. The fraction of sp³-hybridized carbons (Fsp3) is 0.154. The van der Waals surface area contributed by atoms with Gasteiger partial charge < -0.3 is 14.9 Å². The number of hydrogen-bond acceptors (Lipinski definition) is 5. The quantitative estimate of drug-likeness (QED) is 0.284. The molecule has 0 fully saturated rings. The Morgan fingerprint density at radius 3 is 2.58 bits per heavy atom. The number of carbonyl (C=O) groups excluding carboxylic acids is 1. The average Bonchev–Trinajstić information content (AvgIpc) is 2.45. The molecule has 98 valence electrons. The highest BCUT2D eigenvalue weighted by atomic mass is 16.6. The lowest BCUT2D eigenvalue weighted by atomic mass is 10.1. The van der Waals surface area contributed by atoms with Crippen LogP contribution >= 0.6 is 0 Å². The van der Waals surface area contributed by atoms with E-state index in [0.29, 0.717) is 5.75 Å². The number of amides is 1. The van der Waals surface area contributed by atoms with Gasteiger partial charge in [0, 0.05) is 0 Å². The molecule has 0 unspecified atom stereocenters. The fourth-order valence-electron chi connectivity index (χ4n) is 1.23. The Morgan fingerprint density at radius 2 is 2.05 bits per heavy atom. The van der Waals surface area contributed by atoms with Crippen LogP contribution in [0.15, 0.2) is 35.0 Å². The molecule has 6 nitrogen and oxygen atoms in total. The molecule has 0 saturated heterocycles. The van der Waals surface area contributed by atoms with Crippen molar-refractivity contribution in [1.29, 1.82) is 5.26 Å². The Morgan fingerprint density at radius 1 is 1.37 bits per heavy atom. The number of benzene rings is 1. The molecular weight excluding hydrogens is 246 g/mol. The van der Waals surface area contributed by atoms with E-state index in [2.05, 4.69) is 15.3 Å². The number of rotatable bonds is 5. The van der Waals surface area contributed by atoms with E-state index in [-0.39, 0.29) is 5.57 Å². The van der Waals surface area contributed by atoms with Gasteiger partial charge in [-0.15, -0.1) is 0 Å². The lowest BCUT2D eigenvalue weighted by Crippen LogP contribution is -2.22. The highest BCUT2D eigenvalue weighted by molar-refractivity contribution is 6.06. The van der Waals surface area contributed by atoms with Crippen LogP contribution in [0.2, 0.25) is 0 Å². The summed E-state index contributed by atoms with van der Waals surface area (Å²) in [6, 6.07) is 8.79. The van der Waals surface area contributed by atoms with Gasteiger partial charge in [-0.2, -0.15) is 5.26 Å². The summed E-state index contributed by atoms with van der Waals surface area (Å²) in [6.07, 6.45) is 2.54. The first-order valence-electron chi connectivity index (χ1n) is 5.33. The summed E-state index contributed by atoms with van der Waals surface area (Å²) in [4.78, 5) is 16.0. The van der Waals surface area contributed by atoms with Crippen molar-refractivity contribution in [2.75, 3.05) is 14.2 Å². The van der Waals surface area contributed by atoms with Gasteiger partial charge in [0.05, 0.1) is 7.11 Å². The SMILES string of the molecule is CO/N=C/NC(=O)/C(C#N)=C/c1ccc(OC)cc1. The predicted molar refractivity (Wildman–Crippen MR) is 70.2 cm³/mol. The van der Waals surface area contributed by atoms with E-state index in [0.717, 1.165) is 11.9 Å². The van der Waals surface area contributed by atoms with Crippen molar-refractivity contribution >= 4 is 18.3 Å². The molecule has 0 aliphatic carbocycles. The van der Waals surface area contributed by atoms with E-state index in [1.807, 2.05) is 6.07 Å². The van der Waals surface area contributed by atoms with Crippen molar-refractivity contribution in [3.8, 4) is 11.8 Å². The van der Waals surface area contributed by atoms with Gasteiger partial charge in [-0.25, -0.2) is 0 Å². The number of nitriles is 1. The van der Waals surface area contributed by atoms with Crippen molar-refractivity contribution in [1.82, 2.24) is 5.32 Å². The molecule has 1 rings (SSSR count). The third-order valence-corrected chi connectivity index (χ3v) is 2.15. The Kier molecular flexibility index (Phi) is 5.63. The Balaban J connectivity index is 2.83. The van der Waals surface area contributed by atoms with E-state index in [9.17, 15) is 4.79 Å². The largest absolute Gasteiger partial charge is 0.497 e. The summed E-state index contributed by atoms with van der Waals surface area (Å²) in [5.41, 5.74) is 0.684. The Bertz CT molecular complexity index is 527. The van der Waals surface area contributed by atoms with E-state index >= 15 is 0 Å². The van der Waals surface area contributed by atoms with Crippen LogP contribution in [-0.4, -0.2) is 26.5 Å². The van der Waals surface area contributed by atoms with E-state index < -0.39 is 5.91 Å². The van der Waals surface area contributed by atoms with E-state index in [1.165, 1.54) is 13.2 Å². The molecule has 0 radical (unpaired) electrons. The minimum atomic E-state index is -0.556. The van der Waals surface area contributed by atoms with Crippen molar-refractivity contribution in [3.63, 3.8) is 0 Å². The van der Waals surface area contributed by atoms with Crippen LogP contribution in [0, 0.1) is 11.3 Å². The van der Waals surface area contributed by atoms with Crippen LogP contribution in [0.1, 0.15) is 5.56 Å². The number of carbonyl (C=O) groups is 1. The number of methoxy groups -OCH3 is 1. The molecule has 0 heterocycles. The number of hydrogen-bond donors (Lipinski definition) is 1. The number of ether oxygens (including phenoxy) is 1. The molecule has 0 saturated carbocycles. The van der Waals surface area contributed by atoms with Gasteiger partial charge in [-0.3, -0.25) is 4.79 Å². The maximum Gasteiger partial charge on any atom is 0.267 e. The van der Waals surface area contributed by atoms with E-state index in [4.69, 9.17) is 10.00 Å². The smallest absolute Gasteiger partial charge is 0.267 e. The molecule has 19 heavy (non-hydrogen) atoms. The lowest BCUT2D eigenvalue weighted by Gasteiger charge is -2.00. The minimum absolute atomic E-state index is 0.0345. The highest BCUT2D eigenvalue weighted by Gasteiger charge is 2.07. The Hall–Kier alpha value is -2.81. The molecule has 0 spiro atoms. The zero-order valence-electron chi connectivity index (χ0n) is 10.6. The maximum atomic E-state index is 11.6. The second-order valence-electron chi connectivity index (χ2n) is 3.33. The van der Waals surface area contributed by atoms with E-state index in [1.54, 1.807) is 31.4 Å². The maximum absolute atomic E-state index is 11.6. The van der Waals surface area contributed by atoms with Gasteiger partial charge >= 0.3 is 0 Å². The molecule has 1 N–H and O–H groups in total. The standard InChI is InChI=1S/C13H13N3O3/c1-18-12-5-3-10(4-6-12)7-11(8-14)13(17)15-9-16-19-2/h3-7,9H,1-2H3,(H,15,16,17)/b11-7+. The van der Waals surface area contributed by atoms with Gasteiger partial charge in [0.2, 0.25) is 0 Å². The van der Waals surface area contributed by atoms with Crippen LogP contribution in [-0.2, 0) is 9.63 Å². The minimum Gasteiger partial charge on any atom is -0.497 e. The zero-order valence-corrected chi connectivity index (χ0v) is 10.6. The van der Waals surface area contributed by atoms with Crippen molar-refractivity contribution in [2.24, 2.45) is 5.16 Å². The monoisotopic (exact) mass is 259 g/mol. The molecule has 6 heteroatoms. The number of nitrogens with zero attached hydrogens (tertiary/aromatic N) is 2. The molecule has 0 aliphatic rings. The third kappa shape index (κ3) is 4.52. The van der Waals surface area contributed by atoms with Gasteiger partial charge in [0.15, 0.2) is 0 Å². The highest BCUT2D eigenvalue weighted by Crippen LogP contribution is 2.13. The summed E-state index contributed by atoms with van der Waals surface area (Å²) in [5, 5.41) is 14.6. The van der Waals surface area contributed by atoms with Crippen LogP contribution < -0.4 is 10.1 Å². The molecule has 1 amide bonds. The molecule has 0 aromatic heterocycles. The second-order valence-corrected chi connectivity index (χ2v) is 3.33. The summed E-state index contributed by atoms with van der Waals surface area (Å²) in [7, 11) is 2.91. The molecule has 1 aromatic rings.